The van der Waals surface area contributed by atoms with Gasteiger partial charge in [-0.3, -0.25) is 9.67 Å². The molecule has 0 fully saturated rings. The number of fused-ring (bicyclic) bond motifs is 2. The summed E-state index contributed by atoms with van der Waals surface area (Å²) in [6, 6.07) is 34.7. The third-order valence-electron chi connectivity index (χ3n) is 6.19. The van der Waals surface area contributed by atoms with Gasteiger partial charge in [-0.15, -0.1) is 17.2 Å². The molecule has 5 aromatic rings. The first kappa shape index (κ1) is 21.5. The van der Waals surface area contributed by atoms with Gasteiger partial charge in [0.2, 0.25) is 0 Å². The van der Waals surface area contributed by atoms with Gasteiger partial charge in [0.25, 0.3) is 0 Å². The monoisotopic (exact) mass is 606 g/mol. The summed E-state index contributed by atoms with van der Waals surface area (Å²) in [7, 11) is 0. The Balaban J connectivity index is 0.00000228. The van der Waals surface area contributed by atoms with Crippen molar-refractivity contribution in [2.24, 2.45) is 0 Å². The van der Waals surface area contributed by atoms with Gasteiger partial charge in [0, 0.05) is 24.5 Å². The van der Waals surface area contributed by atoms with Crippen molar-refractivity contribution >= 4 is 0 Å². The zero-order valence-corrected chi connectivity index (χ0v) is 20.2. The second-order valence-corrected chi connectivity index (χ2v) is 8.10. The summed E-state index contributed by atoms with van der Waals surface area (Å²) in [5.74, 6) is 0.0687. The summed E-state index contributed by atoms with van der Waals surface area (Å²) in [6.07, 6.45) is 7.63. The van der Waals surface area contributed by atoms with Gasteiger partial charge in [-0.2, -0.15) is 41.5 Å². The molecule has 3 aromatic carbocycles. The van der Waals surface area contributed by atoms with Crippen molar-refractivity contribution in [3.8, 4) is 16.8 Å². The fraction of sp³-hybridized carbons (Fsp3) is 0.103. The first-order chi connectivity index (χ1) is 15.9. The Morgan fingerprint density at radius 1 is 0.727 bits per heavy atom. The molecule has 3 nitrogen and oxygen atoms in total. The van der Waals surface area contributed by atoms with E-state index < -0.39 is 0 Å². The fourth-order valence-electron chi connectivity index (χ4n) is 4.65. The summed E-state index contributed by atoms with van der Waals surface area (Å²) >= 11 is 0. The summed E-state index contributed by atoms with van der Waals surface area (Å²) < 4.78 is 1.83. The van der Waals surface area contributed by atoms with Gasteiger partial charge in [-0.05, 0) is 41.4 Å². The van der Waals surface area contributed by atoms with Gasteiger partial charge in [-0.1, -0.05) is 36.8 Å². The predicted octanol–water partition coefficient (Wildman–Crippen LogP) is 5.81. The minimum atomic E-state index is 0. The quantitative estimate of drug-likeness (QED) is 0.243. The van der Waals surface area contributed by atoms with Crippen molar-refractivity contribution in [2.45, 2.75) is 18.8 Å². The van der Waals surface area contributed by atoms with E-state index in [4.69, 9.17) is 4.98 Å². The van der Waals surface area contributed by atoms with Crippen LogP contribution in [-0.4, -0.2) is 14.8 Å². The molecule has 0 N–H and O–H groups in total. The Morgan fingerprint density at radius 3 is 2.42 bits per heavy atom. The third-order valence-corrected chi connectivity index (χ3v) is 6.19. The molecule has 6 rings (SSSR count). The van der Waals surface area contributed by atoms with E-state index in [0.717, 1.165) is 35.3 Å². The molecular weight excluding hydrogens is 585 g/mol. The number of hydrogen-bond acceptors (Lipinski definition) is 2. The normalized spacial score (nSPS) is 14.5. The summed E-state index contributed by atoms with van der Waals surface area (Å²) in [5.41, 5.74) is 9.30. The summed E-state index contributed by atoms with van der Waals surface area (Å²) in [4.78, 5) is 4.75. The summed E-state index contributed by atoms with van der Waals surface area (Å²) in [5, 5.41) is 4.35. The zero-order valence-electron chi connectivity index (χ0n) is 17.9. The van der Waals surface area contributed by atoms with Crippen LogP contribution in [0.2, 0.25) is 0 Å². The van der Waals surface area contributed by atoms with Gasteiger partial charge in [0.15, 0.2) is 0 Å². The van der Waals surface area contributed by atoms with Gasteiger partial charge < -0.3 is 0 Å². The Bertz CT molecular complexity index is 1380. The van der Waals surface area contributed by atoms with E-state index in [1.807, 2.05) is 41.3 Å². The molecule has 0 spiro atoms. The first-order valence-corrected chi connectivity index (χ1v) is 10.9. The smallest absolute Gasteiger partial charge is 0.260 e. The second-order valence-electron chi connectivity index (χ2n) is 8.10. The molecular formula is C29H21N3Pt. The van der Waals surface area contributed by atoms with Gasteiger partial charge >= 0.3 is 21.1 Å². The molecule has 2 aromatic heterocycles. The van der Waals surface area contributed by atoms with E-state index in [9.17, 15) is 0 Å². The Hall–Kier alpha value is -3.29. The Kier molecular flexibility index (Phi) is 6.07. The van der Waals surface area contributed by atoms with Crippen LogP contribution in [0.1, 0.15) is 33.9 Å². The Morgan fingerprint density at radius 2 is 1.58 bits per heavy atom. The minimum absolute atomic E-state index is 0. The van der Waals surface area contributed by atoms with Crippen LogP contribution < -0.4 is 0 Å². The molecule has 1 aliphatic rings. The largest absolute Gasteiger partial charge is 2.00 e. The molecule has 0 amide bonds. The Labute approximate surface area is 208 Å². The van der Waals surface area contributed by atoms with Crippen molar-refractivity contribution in [1.82, 2.24) is 14.8 Å². The topological polar surface area (TPSA) is 30.7 Å². The van der Waals surface area contributed by atoms with Gasteiger partial charge in [0.05, 0.1) is 5.69 Å². The molecule has 162 valence electrons. The van der Waals surface area contributed by atoms with Gasteiger partial charge in [0.1, 0.15) is 0 Å². The average Bonchev–Trinajstić information content (AvgIpc) is 3.34. The van der Waals surface area contributed by atoms with Crippen molar-refractivity contribution in [1.29, 1.82) is 0 Å². The van der Waals surface area contributed by atoms with Crippen LogP contribution in [0.4, 0.5) is 0 Å². The fourth-order valence-corrected chi connectivity index (χ4v) is 4.65. The van der Waals surface area contributed by atoms with E-state index in [-0.39, 0.29) is 27.0 Å². The number of hydrogen-bond donors (Lipinski definition) is 0. The molecule has 0 saturated carbocycles. The molecule has 0 saturated heterocycles. The van der Waals surface area contributed by atoms with E-state index in [1.54, 1.807) is 6.20 Å². The third kappa shape index (κ3) is 4.10. The molecule has 0 aliphatic heterocycles. The van der Waals surface area contributed by atoms with Crippen molar-refractivity contribution in [3.63, 3.8) is 0 Å². The molecule has 1 aliphatic carbocycles. The first-order valence-electron chi connectivity index (χ1n) is 10.9. The van der Waals surface area contributed by atoms with Crippen LogP contribution >= 0.6 is 0 Å². The van der Waals surface area contributed by atoms with Crippen LogP contribution in [0.25, 0.3) is 16.8 Å². The van der Waals surface area contributed by atoms with E-state index in [2.05, 4.69) is 71.8 Å². The zero-order chi connectivity index (χ0) is 21.3. The van der Waals surface area contributed by atoms with E-state index >= 15 is 0 Å². The maximum absolute atomic E-state index is 4.75. The number of nitrogens with zero attached hydrogens (tertiary/aromatic N) is 3. The van der Waals surface area contributed by atoms with Crippen molar-refractivity contribution in [2.75, 3.05) is 0 Å². The summed E-state index contributed by atoms with van der Waals surface area (Å²) in [6.45, 7) is 0. The predicted molar refractivity (Wildman–Crippen MR) is 126 cm³/mol. The number of rotatable bonds is 3. The van der Waals surface area contributed by atoms with Crippen LogP contribution in [-0.2, 0) is 33.9 Å². The molecule has 2 heterocycles. The number of benzene rings is 3. The maximum atomic E-state index is 4.75. The molecule has 1 unspecified atom stereocenters. The van der Waals surface area contributed by atoms with Crippen LogP contribution in [0, 0.1) is 12.1 Å². The van der Waals surface area contributed by atoms with Crippen LogP contribution in [0.5, 0.6) is 0 Å². The van der Waals surface area contributed by atoms with E-state index in [1.165, 1.54) is 22.3 Å². The van der Waals surface area contributed by atoms with E-state index in [0.29, 0.717) is 0 Å². The van der Waals surface area contributed by atoms with Crippen molar-refractivity contribution < 1.29 is 21.1 Å². The number of aromatic nitrogens is 3. The minimum Gasteiger partial charge on any atom is -0.260 e. The SMILES string of the molecule is [Pt+2].[c-]1c(-c2[c-]c3c(cc2)CCc2ccccc2C3c2ccccn2)cccc1-n1cccn1. The van der Waals surface area contributed by atoms with Gasteiger partial charge in [-0.25, -0.2) is 11.1 Å². The second kappa shape index (κ2) is 9.29. The standard InChI is InChI=1S/C29H21N3.Pt/c1-2-10-26-21(7-1)12-13-22-14-15-24(20-27(22)29(26)28-11-3-4-16-30-28)23-8-5-9-25(19-23)32-18-6-17-31-32;/h1-11,14-18,29H,12-13H2;/q-2;+2. The molecule has 0 bridgehead atoms. The van der Waals surface area contributed by atoms with Crippen LogP contribution in [0.15, 0.2) is 97.5 Å². The molecule has 33 heavy (non-hydrogen) atoms. The molecule has 0 radical (unpaired) electrons. The average molecular weight is 607 g/mol. The number of pyridine rings is 1. The maximum Gasteiger partial charge on any atom is 2.00 e. The molecule has 4 heteroatoms. The molecule has 1 atom stereocenters. The van der Waals surface area contributed by atoms with Crippen LogP contribution in [0.3, 0.4) is 0 Å². The number of aryl methyl sites for hydroxylation is 2. The van der Waals surface area contributed by atoms with Crippen molar-refractivity contribution in [3.05, 3.63) is 138 Å².